The molecule has 0 saturated heterocycles. The number of nitrogens with two attached hydrogens (primary N) is 1. The standard InChI is InChI=1S/C16H27N3O2/c1-16(2,15(17)19-20)9-4-5-10-18-14-8-6-7-13(11-14)12-21-3/h6-8,11,18,20H,4-5,9-10,12H2,1-3H3,(H2,17,19). The molecule has 5 nitrogen and oxygen atoms in total. The van der Waals surface area contributed by atoms with Gasteiger partial charge in [-0.15, -0.1) is 0 Å². The second-order valence-corrected chi connectivity index (χ2v) is 5.89. The average Bonchev–Trinajstić information content (AvgIpc) is 2.46. The Labute approximate surface area is 127 Å². The molecule has 0 unspecified atom stereocenters. The molecule has 118 valence electrons. The Kier molecular flexibility index (Phi) is 7.02. The van der Waals surface area contributed by atoms with E-state index in [4.69, 9.17) is 15.7 Å². The van der Waals surface area contributed by atoms with Crippen molar-refractivity contribution in [2.24, 2.45) is 16.3 Å². The first-order chi connectivity index (χ1) is 9.99. The van der Waals surface area contributed by atoms with Gasteiger partial charge in [0.05, 0.1) is 6.61 Å². The number of hydrogen-bond donors (Lipinski definition) is 3. The maximum atomic E-state index is 8.73. The van der Waals surface area contributed by atoms with Gasteiger partial charge >= 0.3 is 0 Å². The highest BCUT2D eigenvalue weighted by atomic mass is 16.5. The molecule has 5 heteroatoms. The van der Waals surface area contributed by atoms with Crippen LogP contribution in [0.4, 0.5) is 5.69 Å². The van der Waals surface area contributed by atoms with Crippen molar-refractivity contribution in [1.29, 1.82) is 0 Å². The summed E-state index contributed by atoms with van der Waals surface area (Å²) in [6.07, 6.45) is 2.96. The zero-order valence-corrected chi connectivity index (χ0v) is 13.2. The molecule has 1 rings (SSSR count). The maximum Gasteiger partial charge on any atom is 0.144 e. The van der Waals surface area contributed by atoms with Gasteiger partial charge in [-0.1, -0.05) is 37.6 Å². The summed E-state index contributed by atoms with van der Waals surface area (Å²) in [6.45, 7) is 5.51. The number of oxime groups is 1. The van der Waals surface area contributed by atoms with E-state index in [9.17, 15) is 0 Å². The van der Waals surface area contributed by atoms with E-state index in [-0.39, 0.29) is 5.41 Å². The molecule has 0 aliphatic heterocycles. The largest absolute Gasteiger partial charge is 0.409 e. The predicted octanol–water partition coefficient (Wildman–Crippen LogP) is 3.19. The first-order valence-electron chi connectivity index (χ1n) is 7.29. The Bertz CT molecular complexity index is 459. The van der Waals surface area contributed by atoms with Gasteiger partial charge in [-0.3, -0.25) is 0 Å². The fourth-order valence-corrected chi connectivity index (χ4v) is 2.13. The Balaban J connectivity index is 2.30. The number of ether oxygens (including phenoxy) is 1. The summed E-state index contributed by atoms with van der Waals surface area (Å²) < 4.78 is 5.13. The van der Waals surface area contributed by atoms with E-state index in [1.807, 2.05) is 26.0 Å². The van der Waals surface area contributed by atoms with Crippen LogP contribution >= 0.6 is 0 Å². The Hall–Kier alpha value is -1.75. The van der Waals surface area contributed by atoms with E-state index in [2.05, 4.69) is 22.6 Å². The molecule has 0 aromatic heterocycles. The van der Waals surface area contributed by atoms with Gasteiger partial charge in [-0.2, -0.15) is 0 Å². The number of rotatable bonds is 9. The average molecular weight is 293 g/mol. The number of hydrogen-bond acceptors (Lipinski definition) is 4. The van der Waals surface area contributed by atoms with Gasteiger partial charge < -0.3 is 21.0 Å². The first kappa shape index (κ1) is 17.3. The summed E-state index contributed by atoms with van der Waals surface area (Å²) >= 11 is 0. The Morgan fingerprint density at radius 1 is 1.38 bits per heavy atom. The Morgan fingerprint density at radius 2 is 2.14 bits per heavy atom. The van der Waals surface area contributed by atoms with Crippen molar-refractivity contribution in [3.8, 4) is 0 Å². The molecule has 0 aliphatic rings. The van der Waals surface area contributed by atoms with Gasteiger partial charge in [0.15, 0.2) is 0 Å². The minimum atomic E-state index is -0.257. The van der Waals surface area contributed by atoms with Crippen LogP contribution in [0.2, 0.25) is 0 Å². The summed E-state index contributed by atoms with van der Waals surface area (Å²) in [6, 6.07) is 8.23. The molecule has 0 saturated carbocycles. The van der Waals surface area contributed by atoms with E-state index < -0.39 is 0 Å². The van der Waals surface area contributed by atoms with Crippen molar-refractivity contribution in [3.63, 3.8) is 0 Å². The van der Waals surface area contributed by atoms with Gasteiger partial charge in [-0.05, 0) is 30.5 Å². The fourth-order valence-electron chi connectivity index (χ4n) is 2.13. The molecule has 0 radical (unpaired) electrons. The highest BCUT2D eigenvalue weighted by Crippen LogP contribution is 2.23. The zero-order chi connectivity index (χ0) is 15.7. The van der Waals surface area contributed by atoms with Crippen LogP contribution in [-0.2, 0) is 11.3 Å². The van der Waals surface area contributed by atoms with Crippen molar-refractivity contribution in [3.05, 3.63) is 29.8 Å². The fraction of sp³-hybridized carbons (Fsp3) is 0.562. The molecule has 0 amide bonds. The van der Waals surface area contributed by atoms with E-state index in [0.717, 1.165) is 37.1 Å². The maximum absolute atomic E-state index is 8.73. The van der Waals surface area contributed by atoms with Crippen molar-refractivity contribution in [2.75, 3.05) is 19.0 Å². The summed E-state index contributed by atoms with van der Waals surface area (Å²) in [7, 11) is 1.70. The lowest BCUT2D eigenvalue weighted by Crippen LogP contribution is -2.31. The van der Waals surface area contributed by atoms with Crippen LogP contribution in [-0.4, -0.2) is 24.7 Å². The van der Waals surface area contributed by atoms with Gasteiger partial charge in [0.1, 0.15) is 5.84 Å². The number of methoxy groups -OCH3 is 1. The molecule has 4 N–H and O–H groups in total. The summed E-state index contributed by atoms with van der Waals surface area (Å²) in [5.74, 6) is 0.294. The van der Waals surface area contributed by atoms with E-state index in [1.165, 1.54) is 0 Å². The van der Waals surface area contributed by atoms with Crippen molar-refractivity contribution < 1.29 is 9.94 Å². The molecule has 0 bridgehead atoms. The third kappa shape index (κ3) is 6.04. The summed E-state index contributed by atoms with van der Waals surface area (Å²) in [4.78, 5) is 0. The molecule has 1 aromatic carbocycles. The number of anilines is 1. The molecule has 0 heterocycles. The minimum Gasteiger partial charge on any atom is -0.409 e. The highest BCUT2D eigenvalue weighted by Gasteiger charge is 2.22. The molecule has 1 aromatic rings. The smallest absolute Gasteiger partial charge is 0.144 e. The monoisotopic (exact) mass is 293 g/mol. The Morgan fingerprint density at radius 3 is 2.81 bits per heavy atom. The van der Waals surface area contributed by atoms with Crippen LogP contribution in [0.15, 0.2) is 29.4 Å². The zero-order valence-electron chi connectivity index (χ0n) is 13.2. The molecule has 0 spiro atoms. The quantitative estimate of drug-likeness (QED) is 0.215. The molecular weight excluding hydrogens is 266 g/mol. The minimum absolute atomic E-state index is 0.257. The predicted molar refractivity (Wildman–Crippen MR) is 86.7 cm³/mol. The van der Waals surface area contributed by atoms with Crippen molar-refractivity contribution >= 4 is 11.5 Å². The molecule has 21 heavy (non-hydrogen) atoms. The summed E-state index contributed by atoms with van der Waals surface area (Å²) in [5, 5.41) is 15.2. The summed E-state index contributed by atoms with van der Waals surface area (Å²) in [5.41, 5.74) is 7.69. The van der Waals surface area contributed by atoms with E-state index >= 15 is 0 Å². The second-order valence-electron chi connectivity index (χ2n) is 5.89. The number of benzene rings is 1. The van der Waals surface area contributed by atoms with Crippen LogP contribution in [0.25, 0.3) is 0 Å². The number of nitrogens with one attached hydrogen (secondary N) is 1. The van der Waals surface area contributed by atoms with Gasteiger partial charge in [-0.25, -0.2) is 0 Å². The SMILES string of the molecule is COCc1cccc(NCCCCC(C)(C)/C(N)=N/O)c1. The third-order valence-electron chi connectivity index (χ3n) is 3.60. The third-order valence-corrected chi connectivity index (χ3v) is 3.60. The van der Waals surface area contributed by atoms with Crippen LogP contribution in [0.3, 0.4) is 0 Å². The molecule has 0 atom stereocenters. The van der Waals surface area contributed by atoms with Crippen LogP contribution in [0.5, 0.6) is 0 Å². The lowest BCUT2D eigenvalue weighted by atomic mass is 9.86. The van der Waals surface area contributed by atoms with Gasteiger partial charge in [0.25, 0.3) is 0 Å². The molecule has 0 aliphatic carbocycles. The molecule has 0 fully saturated rings. The van der Waals surface area contributed by atoms with E-state index in [0.29, 0.717) is 12.4 Å². The number of amidine groups is 1. The topological polar surface area (TPSA) is 79.9 Å². The van der Waals surface area contributed by atoms with Gasteiger partial charge in [0, 0.05) is 24.8 Å². The normalized spacial score (nSPS) is 12.4. The lowest BCUT2D eigenvalue weighted by molar-refractivity contribution is 0.185. The molecular formula is C16H27N3O2. The lowest BCUT2D eigenvalue weighted by Gasteiger charge is -2.22. The highest BCUT2D eigenvalue weighted by molar-refractivity contribution is 5.85. The number of nitrogens with zero attached hydrogens (tertiary/aromatic N) is 1. The first-order valence-corrected chi connectivity index (χ1v) is 7.29. The van der Waals surface area contributed by atoms with Crippen LogP contribution in [0, 0.1) is 5.41 Å². The van der Waals surface area contributed by atoms with Crippen molar-refractivity contribution in [2.45, 2.75) is 39.7 Å². The number of unbranched alkanes of at least 4 members (excludes halogenated alkanes) is 1. The van der Waals surface area contributed by atoms with Gasteiger partial charge in [0.2, 0.25) is 0 Å². The van der Waals surface area contributed by atoms with Crippen LogP contribution in [0.1, 0.15) is 38.7 Å². The van der Waals surface area contributed by atoms with Crippen molar-refractivity contribution in [1.82, 2.24) is 0 Å². The van der Waals surface area contributed by atoms with Crippen LogP contribution < -0.4 is 11.1 Å². The second kappa shape index (κ2) is 8.52. The van der Waals surface area contributed by atoms with E-state index in [1.54, 1.807) is 7.11 Å².